The van der Waals surface area contributed by atoms with Crippen LogP contribution in [0.1, 0.15) is 33.5 Å². The number of amides is 1. The maximum Gasteiger partial charge on any atom is 0.341 e. The monoisotopic (exact) mass is 345 g/mol. The first-order chi connectivity index (χ1) is 11.9. The van der Waals surface area contributed by atoms with Gasteiger partial charge in [-0.2, -0.15) is 5.10 Å². The minimum atomic E-state index is -1.03. The van der Waals surface area contributed by atoms with E-state index in [1.807, 2.05) is 19.4 Å². The van der Waals surface area contributed by atoms with Crippen LogP contribution in [0, 0.1) is 13.8 Å². The van der Waals surface area contributed by atoms with Crippen molar-refractivity contribution in [1.82, 2.24) is 15.1 Å². The Morgan fingerprint density at radius 1 is 1.28 bits per heavy atom. The number of carboxylic acid groups (broad SMARTS) is 1. The van der Waals surface area contributed by atoms with Crippen molar-refractivity contribution >= 4 is 11.9 Å². The number of carbonyl (C=O) groups excluding carboxylic acids is 1. The molecule has 0 atom stereocenters. The molecule has 0 unspecified atom stereocenters. The van der Waals surface area contributed by atoms with Crippen molar-refractivity contribution in [2.75, 3.05) is 13.2 Å². The Morgan fingerprint density at radius 3 is 2.52 bits per heavy atom. The van der Waals surface area contributed by atoms with Gasteiger partial charge in [-0.15, -0.1) is 0 Å². The van der Waals surface area contributed by atoms with Gasteiger partial charge >= 0.3 is 5.97 Å². The first kappa shape index (κ1) is 18.5. The van der Waals surface area contributed by atoms with Gasteiger partial charge < -0.3 is 15.2 Å². The summed E-state index contributed by atoms with van der Waals surface area (Å²) in [5.74, 6) is -0.674. The minimum Gasteiger partial charge on any atom is -0.481 e. The maximum atomic E-state index is 12.3. The molecule has 2 rings (SSSR count). The molecule has 0 bridgehead atoms. The number of rotatable bonds is 8. The van der Waals surface area contributed by atoms with Crippen LogP contribution in [0.25, 0.3) is 0 Å². The fourth-order valence-electron chi connectivity index (χ4n) is 2.64. The Bertz CT molecular complexity index is 744. The number of carbonyl (C=O) groups is 2. The quantitative estimate of drug-likeness (QED) is 0.712. The lowest BCUT2D eigenvalue weighted by Gasteiger charge is -2.13. The molecule has 0 aliphatic heterocycles. The molecular formula is C18H23N3O4. The van der Waals surface area contributed by atoms with Crippen LogP contribution in [0.3, 0.4) is 0 Å². The Balaban J connectivity index is 1.89. The molecule has 1 aromatic carbocycles. The summed E-state index contributed by atoms with van der Waals surface area (Å²) in [5, 5.41) is 15.7. The van der Waals surface area contributed by atoms with Gasteiger partial charge in [0.25, 0.3) is 5.91 Å². The average molecular weight is 345 g/mol. The second-order valence-electron chi connectivity index (χ2n) is 6.00. The summed E-state index contributed by atoms with van der Waals surface area (Å²) in [6, 6.07) is 3.42. The van der Waals surface area contributed by atoms with Gasteiger partial charge in [0.15, 0.2) is 6.61 Å². The maximum absolute atomic E-state index is 12.3. The standard InChI is InChI=1S/C18H23N3O4/c1-12-7-15(8-13(2)17(12)25-11-16(22)23)18(24)19-6-4-5-14-9-20-21(3)10-14/h7-10H,4-6,11H2,1-3H3,(H,19,24)(H,22,23). The van der Waals surface area contributed by atoms with Gasteiger partial charge in [-0.25, -0.2) is 4.79 Å². The number of aryl methyl sites for hydroxylation is 4. The molecule has 134 valence electrons. The zero-order chi connectivity index (χ0) is 18.4. The van der Waals surface area contributed by atoms with E-state index in [9.17, 15) is 9.59 Å². The average Bonchev–Trinajstić information content (AvgIpc) is 2.95. The van der Waals surface area contributed by atoms with Crippen LogP contribution in [0.15, 0.2) is 24.5 Å². The molecule has 1 amide bonds. The zero-order valence-corrected chi connectivity index (χ0v) is 14.7. The molecule has 0 saturated heterocycles. The van der Waals surface area contributed by atoms with Gasteiger partial charge in [-0.1, -0.05) is 0 Å². The number of carboxylic acids is 1. The molecule has 7 nitrogen and oxygen atoms in total. The van der Waals surface area contributed by atoms with E-state index >= 15 is 0 Å². The third-order valence-electron chi connectivity index (χ3n) is 3.75. The van der Waals surface area contributed by atoms with Crippen molar-refractivity contribution in [1.29, 1.82) is 0 Å². The van der Waals surface area contributed by atoms with E-state index in [4.69, 9.17) is 9.84 Å². The molecule has 0 aliphatic carbocycles. The summed E-state index contributed by atoms with van der Waals surface area (Å²) >= 11 is 0. The Kier molecular flexibility index (Phi) is 6.16. The number of benzene rings is 1. The normalized spacial score (nSPS) is 10.5. The highest BCUT2D eigenvalue weighted by atomic mass is 16.5. The lowest BCUT2D eigenvalue weighted by molar-refractivity contribution is -0.139. The molecule has 0 fully saturated rings. The number of hydrogen-bond donors (Lipinski definition) is 2. The van der Waals surface area contributed by atoms with Crippen molar-refractivity contribution in [2.45, 2.75) is 26.7 Å². The van der Waals surface area contributed by atoms with Crippen LogP contribution in [0.2, 0.25) is 0 Å². The summed E-state index contributed by atoms with van der Waals surface area (Å²) in [4.78, 5) is 22.9. The van der Waals surface area contributed by atoms with Crippen molar-refractivity contribution in [2.24, 2.45) is 7.05 Å². The fraction of sp³-hybridized carbons (Fsp3) is 0.389. The largest absolute Gasteiger partial charge is 0.481 e. The molecular weight excluding hydrogens is 322 g/mol. The number of nitrogens with zero attached hydrogens (tertiary/aromatic N) is 2. The van der Waals surface area contributed by atoms with Crippen molar-refractivity contribution in [3.63, 3.8) is 0 Å². The number of aromatic nitrogens is 2. The number of hydrogen-bond acceptors (Lipinski definition) is 4. The van der Waals surface area contributed by atoms with Crippen LogP contribution in [-0.2, 0) is 18.3 Å². The summed E-state index contributed by atoms with van der Waals surface area (Å²) in [7, 11) is 1.87. The van der Waals surface area contributed by atoms with Gasteiger partial charge in [0.2, 0.25) is 0 Å². The van der Waals surface area contributed by atoms with E-state index in [0.29, 0.717) is 17.9 Å². The number of ether oxygens (including phenoxy) is 1. The third kappa shape index (κ3) is 5.34. The Hall–Kier alpha value is -2.83. The van der Waals surface area contributed by atoms with Gasteiger partial charge in [0.05, 0.1) is 6.20 Å². The number of aliphatic carboxylic acids is 1. The SMILES string of the molecule is Cc1cc(C(=O)NCCCc2cnn(C)c2)cc(C)c1OCC(=O)O. The molecule has 2 aromatic rings. The number of nitrogens with one attached hydrogen (secondary N) is 1. The van der Waals surface area contributed by atoms with Gasteiger partial charge in [0.1, 0.15) is 5.75 Å². The molecule has 0 saturated carbocycles. The molecule has 0 spiro atoms. The van der Waals surface area contributed by atoms with E-state index in [1.165, 1.54) is 0 Å². The summed E-state index contributed by atoms with van der Waals surface area (Å²) in [6.45, 7) is 3.76. The molecule has 2 N–H and O–H groups in total. The highest BCUT2D eigenvalue weighted by molar-refractivity contribution is 5.94. The molecule has 1 heterocycles. The van der Waals surface area contributed by atoms with Gasteiger partial charge in [0, 0.05) is 25.4 Å². The van der Waals surface area contributed by atoms with Crippen LogP contribution < -0.4 is 10.1 Å². The van der Waals surface area contributed by atoms with Gasteiger partial charge in [-0.05, 0) is 55.5 Å². The first-order valence-electron chi connectivity index (χ1n) is 8.08. The van der Waals surface area contributed by atoms with E-state index < -0.39 is 12.6 Å². The molecule has 0 aliphatic rings. The molecule has 7 heteroatoms. The Labute approximate surface area is 146 Å². The van der Waals surface area contributed by atoms with Crippen molar-refractivity contribution in [3.05, 3.63) is 46.8 Å². The summed E-state index contributed by atoms with van der Waals surface area (Å²) in [6.07, 6.45) is 5.47. The second kappa shape index (κ2) is 8.32. The molecule has 1 aromatic heterocycles. The smallest absolute Gasteiger partial charge is 0.341 e. The summed E-state index contributed by atoms with van der Waals surface area (Å²) in [5.41, 5.74) is 3.16. The molecule has 0 radical (unpaired) electrons. The third-order valence-corrected chi connectivity index (χ3v) is 3.75. The predicted molar refractivity (Wildman–Crippen MR) is 92.9 cm³/mol. The van der Waals surface area contributed by atoms with Crippen molar-refractivity contribution in [3.8, 4) is 5.75 Å². The topological polar surface area (TPSA) is 93.5 Å². The first-order valence-corrected chi connectivity index (χ1v) is 8.08. The fourth-order valence-corrected chi connectivity index (χ4v) is 2.64. The Morgan fingerprint density at radius 2 is 1.96 bits per heavy atom. The van der Waals surface area contributed by atoms with Crippen LogP contribution in [-0.4, -0.2) is 39.9 Å². The lowest BCUT2D eigenvalue weighted by atomic mass is 10.0. The molecule has 25 heavy (non-hydrogen) atoms. The lowest BCUT2D eigenvalue weighted by Crippen LogP contribution is -2.25. The highest BCUT2D eigenvalue weighted by Crippen LogP contribution is 2.24. The van der Waals surface area contributed by atoms with Crippen LogP contribution in [0.4, 0.5) is 0 Å². The predicted octanol–water partition coefficient (Wildman–Crippen LogP) is 1.86. The van der Waals surface area contributed by atoms with Crippen LogP contribution >= 0.6 is 0 Å². The highest BCUT2D eigenvalue weighted by Gasteiger charge is 2.12. The van der Waals surface area contributed by atoms with Crippen molar-refractivity contribution < 1.29 is 19.4 Å². The zero-order valence-electron chi connectivity index (χ0n) is 14.7. The van der Waals surface area contributed by atoms with E-state index in [1.54, 1.807) is 30.7 Å². The minimum absolute atomic E-state index is 0.151. The van der Waals surface area contributed by atoms with Crippen LogP contribution in [0.5, 0.6) is 5.75 Å². The second-order valence-corrected chi connectivity index (χ2v) is 6.00. The van der Waals surface area contributed by atoms with Gasteiger partial charge in [-0.3, -0.25) is 9.48 Å². The summed E-state index contributed by atoms with van der Waals surface area (Å²) < 4.78 is 7.03. The van der Waals surface area contributed by atoms with E-state index in [2.05, 4.69) is 10.4 Å². The van der Waals surface area contributed by atoms with E-state index in [0.717, 1.165) is 29.5 Å². The van der Waals surface area contributed by atoms with E-state index in [-0.39, 0.29) is 5.91 Å².